The van der Waals surface area contributed by atoms with Crippen LogP contribution in [-0.4, -0.2) is 18.1 Å². The molecule has 104 valence electrons. The zero-order valence-electron chi connectivity index (χ0n) is 10.8. The van der Waals surface area contributed by atoms with E-state index >= 15 is 0 Å². The minimum Gasteiger partial charge on any atom is -0.487 e. The normalized spacial score (nSPS) is 10.1. The van der Waals surface area contributed by atoms with E-state index in [1.807, 2.05) is 0 Å². The Kier molecular flexibility index (Phi) is 4.42. The fourth-order valence-corrected chi connectivity index (χ4v) is 1.78. The molecular formula is C14H13ClN2O3. The molecule has 0 saturated heterocycles. The molecule has 0 saturated carbocycles. The highest BCUT2D eigenvalue weighted by molar-refractivity contribution is 6.31. The van der Waals surface area contributed by atoms with Gasteiger partial charge in [0.25, 0.3) is 0 Å². The first-order valence-corrected chi connectivity index (χ1v) is 6.18. The van der Waals surface area contributed by atoms with E-state index in [4.69, 9.17) is 22.1 Å². The van der Waals surface area contributed by atoms with Crippen molar-refractivity contribution in [3.8, 4) is 5.75 Å². The summed E-state index contributed by atoms with van der Waals surface area (Å²) in [6.07, 6.45) is 3.18. The number of hydrogen-bond donors (Lipinski definition) is 1. The predicted molar refractivity (Wildman–Crippen MR) is 75.8 cm³/mol. The Morgan fingerprint density at radius 3 is 2.85 bits per heavy atom. The molecule has 0 unspecified atom stereocenters. The standard InChI is InChI=1S/C14H13ClN2O3/c1-19-14(18)9-2-3-13(12(16)6-9)20-8-10-4-5-17-7-11(10)15/h2-7H,8,16H2,1H3. The maximum atomic E-state index is 11.4. The van der Waals surface area contributed by atoms with Gasteiger partial charge in [-0.3, -0.25) is 4.98 Å². The molecule has 0 aliphatic carbocycles. The van der Waals surface area contributed by atoms with Crippen LogP contribution in [0.25, 0.3) is 0 Å². The minimum atomic E-state index is -0.444. The van der Waals surface area contributed by atoms with E-state index in [0.29, 0.717) is 22.0 Å². The van der Waals surface area contributed by atoms with Crippen molar-refractivity contribution in [2.75, 3.05) is 12.8 Å². The van der Waals surface area contributed by atoms with Gasteiger partial charge in [0.1, 0.15) is 12.4 Å². The molecule has 1 aromatic carbocycles. The molecule has 2 rings (SSSR count). The lowest BCUT2D eigenvalue weighted by Gasteiger charge is -2.10. The second-order valence-corrected chi connectivity index (χ2v) is 4.41. The first kappa shape index (κ1) is 14.1. The number of pyridine rings is 1. The molecule has 5 nitrogen and oxygen atoms in total. The Morgan fingerprint density at radius 2 is 2.20 bits per heavy atom. The lowest BCUT2D eigenvalue weighted by Crippen LogP contribution is -2.04. The molecule has 2 N–H and O–H groups in total. The number of esters is 1. The number of nitrogens with two attached hydrogens (primary N) is 1. The van der Waals surface area contributed by atoms with Crippen LogP contribution < -0.4 is 10.5 Å². The second kappa shape index (κ2) is 6.25. The molecule has 0 bridgehead atoms. The average Bonchev–Trinajstić information content (AvgIpc) is 2.46. The molecule has 20 heavy (non-hydrogen) atoms. The number of hydrogen-bond acceptors (Lipinski definition) is 5. The number of ether oxygens (including phenoxy) is 2. The Labute approximate surface area is 121 Å². The number of nitrogens with zero attached hydrogens (tertiary/aromatic N) is 1. The van der Waals surface area contributed by atoms with Crippen molar-refractivity contribution in [1.82, 2.24) is 4.98 Å². The van der Waals surface area contributed by atoms with Crippen LogP contribution in [0.3, 0.4) is 0 Å². The Morgan fingerprint density at radius 1 is 1.40 bits per heavy atom. The fraction of sp³-hybridized carbons (Fsp3) is 0.143. The summed E-state index contributed by atoms with van der Waals surface area (Å²) < 4.78 is 10.2. The summed E-state index contributed by atoms with van der Waals surface area (Å²) in [6, 6.07) is 6.49. The largest absolute Gasteiger partial charge is 0.487 e. The van der Waals surface area contributed by atoms with Crippen LogP contribution in [0.5, 0.6) is 5.75 Å². The highest BCUT2D eigenvalue weighted by atomic mass is 35.5. The lowest BCUT2D eigenvalue weighted by molar-refractivity contribution is 0.0600. The van der Waals surface area contributed by atoms with Crippen molar-refractivity contribution in [3.63, 3.8) is 0 Å². The third-order valence-electron chi connectivity index (χ3n) is 2.67. The van der Waals surface area contributed by atoms with Crippen molar-refractivity contribution in [2.45, 2.75) is 6.61 Å². The van der Waals surface area contributed by atoms with Crippen LogP contribution in [0.4, 0.5) is 5.69 Å². The van der Waals surface area contributed by atoms with Gasteiger partial charge in [-0.05, 0) is 24.3 Å². The zero-order valence-corrected chi connectivity index (χ0v) is 11.6. The van der Waals surface area contributed by atoms with E-state index in [2.05, 4.69) is 9.72 Å². The first-order chi connectivity index (χ1) is 9.61. The third kappa shape index (κ3) is 3.19. The molecule has 0 atom stereocenters. The molecular weight excluding hydrogens is 280 g/mol. The molecule has 0 aliphatic heterocycles. The Hall–Kier alpha value is -2.27. The molecule has 2 aromatic rings. The van der Waals surface area contributed by atoms with Crippen LogP contribution in [0.15, 0.2) is 36.7 Å². The van der Waals surface area contributed by atoms with E-state index in [1.54, 1.807) is 30.6 Å². The first-order valence-electron chi connectivity index (χ1n) is 5.81. The second-order valence-electron chi connectivity index (χ2n) is 4.00. The summed E-state index contributed by atoms with van der Waals surface area (Å²) in [5, 5.41) is 0.525. The average molecular weight is 293 g/mol. The smallest absolute Gasteiger partial charge is 0.337 e. The predicted octanol–water partition coefficient (Wildman–Crippen LogP) is 2.68. The number of benzene rings is 1. The van der Waals surface area contributed by atoms with Gasteiger partial charge in [0.15, 0.2) is 0 Å². The van der Waals surface area contributed by atoms with Crippen LogP contribution in [0.1, 0.15) is 15.9 Å². The number of halogens is 1. The highest BCUT2D eigenvalue weighted by Gasteiger charge is 2.09. The number of methoxy groups -OCH3 is 1. The Bertz CT molecular complexity index is 632. The van der Waals surface area contributed by atoms with Crippen LogP contribution in [0.2, 0.25) is 5.02 Å². The monoisotopic (exact) mass is 292 g/mol. The Balaban J connectivity index is 2.11. The summed E-state index contributed by atoms with van der Waals surface area (Å²) >= 11 is 5.98. The molecule has 1 aromatic heterocycles. The van der Waals surface area contributed by atoms with Crippen molar-refractivity contribution >= 4 is 23.3 Å². The van der Waals surface area contributed by atoms with Crippen molar-refractivity contribution in [2.24, 2.45) is 0 Å². The fourth-order valence-electron chi connectivity index (χ4n) is 1.60. The van der Waals surface area contributed by atoms with E-state index in [9.17, 15) is 4.79 Å². The van der Waals surface area contributed by atoms with Gasteiger partial charge in [0, 0.05) is 18.0 Å². The summed E-state index contributed by atoms with van der Waals surface area (Å²) in [6.45, 7) is 0.267. The number of carbonyl (C=O) groups is 1. The van der Waals surface area contributed by atoms with Gasteiger partial charge in [-0.2, -0.15) is 0 Å². The quantitative estimate of drug-likeness (QED) is 0.693. The van der Waals surface area contributed by atoms with Crippen molar-refractivity contribution in [3.05, 3.63) is 52.8 Å². The molecule has 0 spiro atoms. The van der Waals surface area contributed by atoms with Crippen molar-refractivity contribution in [1.29, 1.82) is 0 Å². The molecule has 0 aliphatic rings. The lowest BCUT2D eigenvalue weighted by atomic mass is 10.2. The van der Waals surface area contributed by atoms with Gasteiger partial charge >= 0.3 is 5.97 Å². The van der Waals surface area contributed by atoms with Crippen LogP contribution >= 0.6 is 11.6 Å². The number of carbonyl (C=O) groups excluding carboxylic acids is 1. The summed E-state index contributed by atoms with van der Waals surface area (Å²) in [5.41, 5.74) is 7.38. The summed E-state index contributed by atoms with van der Waals surface area (Å²) in [5.74, 6) is 0.0333. The van der Waals surface area contributed by atoms with E-state index in [-0.39, 0.29) is 6.61 Å². The number of rotatable bonds is 4. The van der Waals surface area contributed by atoms with Gasteiger partial charge in [0.05, 0.1) is 23.4 Å². The van der Waals surface area contributed by atoms with Gasteiger partial charge in [0.2, 0.25) is 0 Å². The third-order valence-corrected chi connectivity index (χ3v) is 3.01. The maximum absolute atomic E-state index is 11.4. The number of aromatic nitrogens is 1. The summed E-state index contributed by atoms with van der Waals surface area (Å²) in [4.78, 5) is 15.3. The number of anilines is 1. The van der Waals surface area contributed by atoms with E-state index < -0.39 is 5.97 Å². The van der Waals surface area contributed by atoms with E-state index in [0.717, 1.165) is 5.56 Å². The topological polar surface area (TPSA) is 74.4 Å². The molecule has 1 heterocycles. The number of nitrogen functional groups attached to an aromatic ring is 1. The molecule has 0 radical (unpaired) electrons. The van der Waals surface area contributed by atoms with Gasteiger partial charge in [-0.1, -0.05) is 11.6 Å². The molecule has 0 amide bonds. The maximum Gasteiger partial charge on any atom is 0.337 e. The highest BCUT2D eigenvalue weighted by Crippen LogP contribution is 2.25. The van der Waals surface area contributed by atoms with E-state index in [1.165, 1.54) is 13.2 Å². The molecule has 6 heteroatoms. The van der Waals surface area contributed by atoms with Gasteiger partial charge in [-0.25, -0.2) is 4.79 Å². The van der Waals surface area contributed by atoms with Crippen LogP contribution in [0, 0.1) is 0 Å². The minimum absolute atomic E-state index is 0.267. The van der Waals surface area contributed by atoms with Crippen molar-refractivity contribution < 1.29 is 14.3 Å². The van der Waals surface area contributed by atoms with Gasteiger partial charge in [-0.15, -0.1) is 0 Å². The summed E-state index contributed by atoms with van der Waals surface area (Å²) in [7, 11) is 1.31. The molecule has 0 fully saturated rings. The van der Waals surface area contributed by atoms with Gasteiger partial charge < -0.3 is 15.2 Å². The SMILES string of the molecule is COC(=O)c1ccc(OCc2ccncc2Cl)c(N)c1. The van der Waals surface area contributed by atoms with Crippen LogP contribution in [-0.2, 0) is 11.3 Å². The zero-order chi connectivity index (χ0) is 14.5.